The van der Waals surface area contributed by atoms with E-state index in [2.05, 4.69) is 4.98 Å². The van der Waals surface area contributed by atoms with E-state index < -0.39 is 5.97 Å². The van der Waals surface area contributed by atoms with Crippen molar-refractivity contribution in [2.45, 2.75) is 6.61 Å². The van der Waals surface area contributed by atoms with Crippen LogP contribution in [-0.4, -0.2) is 15.9 Å². The fourth-order valence-corrected chi connectivity index (χ4v) is 3.56. The molecule has 33 heavy (non-hydrogen) atoms. The summed E-state index contributed by atoms with van der Waals surface area (Å²) in [7, 11) is 0. The Kier molecular flexibility index (Phi) is 5.76. The van der Waals surface area contributed by atoms with E-state index in [-0.39, 0.29) is 6.61 Å². The summed E-state index contributed by atoms with van der Waals surface area (Å²) in [5.41, 5.74) is 3.54. The van der Waals surface area contributed by atoms with Gasteiger partial charge in [0.25, 0.3) is 0 Å². The number of carbonyl (C=O) groups is 1. The fraction of sp³-hybridized carbons (Fsp3) is 0.0357. The largest absolute Gasteiger partial charge is 0.457 e. The maximum Gasteiger partial charge on any atom is 0.339 e. The van der Waals surface area contributed by atoms with Crippen LogP contribution >= 0.6 is 0 Å². The molecule has 0 saturated carbocycles. The van der Waals surface area contributed by atoms with Crippen molar-refractivity contribution >= 4 is 16.9 Å². The molecule has 0 aliphatic carbocycles. The first kappa shape index (κ1) is 20.4. The van der Waals surface area contributed by atoms with Gasteiger partial charge in [0.1, 0.15) is 18.1 Å². The number of fused-ring (bicyclic) bond motifs is 1. The molecule has 0 spiro atoms. The first-order chi connectivity index (χ1) is 16.3. The van der Waals surface area contributed by atoms with Gasteiger partial charge in [0.2, 0.25) is 0 Å². The third-order valence-electron chi connectivity index (χ3n) is 5.14. The van der Waals surface area contributed by atoms with Crippen LogP contribution in [0.2, 0.25) is 0 Å². The summed E-state index contributed by atoms with van der Waals surface area (Å²) in [6.45, 7) is 0.129. The van der Waals surface area contributed by atoms with Gasteiger partial charge in [0.05, 0.1) is 16.8 Å². The molecule has 0 fully saturated rings. The fourth-order valence-electron chi connectivity index (χ4n) is 3.56. The van der Waals surface area contributed by atoms with Gasteiger partial charge in [0.15, 0.2) is 0 Å². The van der Waals surface area contributed by atoms with Crippen molar-refractivity contribution in [2.24, 2.45) is 0 Å². The minimum Gasteiger partial charge on any atom is -0.457 e. The lowest BCUT2D eigenvalue weighted by atomic mass is 10.1. The van der Waals surface area contributed by atoms with Crippen LogP contribution in [0.1, 0.15) is 15.9 Å². The molecule has 5 rings (SSSR count). The van der Waals surface area contributed by atoms with Gasteiger partial charge in [-0.1, -0.05) is 48.5 Å². The Morgan fingerprint density at radius 2 is 1.61 bits per heavy atom. The van der Waals surface area contributed by atoms with E-state index in [1.807, 2.05) is 91.0 Å². The van der Waals surface area contributed by atoms with E-state index in [1.54, 1.807) is 18.5 Å². The molecule has 5 heteroatoms. The van der Waals surface area contributed by atoms with E-state index >= 15 is 0 Å². The van der Waals surface area contributed by atoms with Crippen LogP contribution in [0.5, 0.6) is 11.5 Å². The van der Waals surface area contributed by atoms with Gasteiger partial charge in [0, 0.05) is 23.3 Å². The van der Waals surface area contributed by atoms with E-state index in [0.717, 1.165) is 27.8 Å². The highest BCUT2D eigenvalue weighted by atomic mass is 16.5. The summed E-state index contributed by atoms with van der Waals surface area (Å²) in [5.74, 6) is 1.02. The number of rotatable bonds is 6. The monoisotopic (exact) mass is 432 g/mol. The first-order valence-electron chi connectivity index (χ1n) is 10.6. The Morgan fingerprint density at radius 1 is 0.788 bits per heavy atom. The van der Waals surface area contributed by atoms with Crippen molar-refractivity contribution in [2.75, 3.05) is 0 Å². The number of nitrogens with zero attached hydrogens (tertiary/aromatic N) is 2. The number of aromatic nitrogens is 2. The third-order valence-corrected chi connectivity index (χ3v) is 5.14. The van der Waals surface area contributed by atoms with Crippen LogP contribution in [0.25, 0.3) is 22.2 Å². The molecular formula is C28H20N2O3. The molecule has 3 aromatic carbocycles. The standard InChI is InChI=1S/C28H20N2O3/c31-28(32-19-20-8-6-12-23(16-20)33-22-10-2-1-3-11-22)25-17-27(21-9-7-15-29-18-21)30-26-14-5-4-13-24(25)26/h1-18H,19H2. The number of hydrogen-bond donors (Lipinski definition) is 0. The Balaban J connectivity index is 1.38. The molecule has 0 N–H and O–H groups in total. The van der Waals surface area contributed by atoms with Crippen LogP contribution in [0.3, 0.4) is 0 Å². The molecule has 0 bridgehead atoms. The smallest absolute Gasteiger partial charge is 0.339 e. The zero-order valence-corrected chi connectivity index (χ0v) is 17.7. The number of hydrogen-bond acceptors (Lipinski definition) is 5. The lowest BCUT2D eigenvalue weighted by molar-refractivity contribution is 0.0475. The molecule has 0 atom stereocenters. The van der Waals surface area contributed by atoms with Crippen molar-refractivity contribution < 1.29 is 14.3 Å². The predicted octanol–water partition coefficient (Wildman–Crippen LogP) is 6.45. The van der Waals surface area contributed by atoms with Gasteiger partial charge in [-0.25, -0.2) is 9.78 Å². The molecule has 5 aromatic rings. The topological polar surface area (TPSA) is 61.3 Å². The Labute approximate surface area is 191 Å². The van der Waals surface area contributed by atoms with Crippen LogP contribution in [0, 0.1) is 0 Å². The van der Waals surface area contributed by atoms with Crippen molar-refractivity contribution in [1.82, 2.24) is 9.97 Å². The maximum absolute atomic E-state index is 13.1. The number of esters is 1. The summed E-state index contributed by atoms with van der Waals surface area (Å²) < 4.78 is 11.6. The molecule has 0 unspecified atom stereocenters. The van der Waals surface area contributed by atoms with Gasteiger partial charge in [-0.05, 0) is 54.1 Å². The third kappa shape index (κ3) is 4.72. The van der Waals surface area contributed by atoms with Crippen LogP contribution < -0.4 is 4.74 Å². The zero-order chi connectivity index (χ0) is 22.5. The number of ether oxygens (including phenoxy) is 2. The average molecular weight is 432 g/mol. The van der Waals surface area contributed by atoms with E-state index in [1.165, 1.54) is 0 Å². The molecule has 0 aliphatic heterocycles. The Bertz CT molecular complexity index is 1400. The zero-order valence-electron chi connectivity index (χ0n) is 17.7. The minimum atomic E-state index is -0.409. The highest BCUT2D eigenvalue weighted by Gasteiger charge is 2.15. The molecule has 0 radical (unpaired) electrons. The van der Waals surface area contributed by atoms with Gasteiger partial charge < -0.3 is 9.47 Å². The molecule has 5 nitrogen and oxygen atoms in total. The molecular weight excluding hydrogens is 412 g/mol. The molecule has 2 heterocycles. The Morgan fingerprint density at radius 3 is 2.45 bits per heavy atom. The SMILES string of the molecule is O=C(OCc1cccc(Oc2ccccc2)c1)c1cc(-c2cccnc2)nc2ccccc12. The van der Waals surface area contributed by atoms with Crippen LogP contribution in [0.4, 0.5) is 0 Å². The first-order valence-corrected chi connectivity index (χ1v) is 10.6. The van der Waals surface area contributed by atoms with Crippen molar-refractivity contribution in [1.29, 1.82) is 0 Å². The number of benzene rings is 3. The van der Waals surface area contributed by atoms with Gasteiger partial charge in [-0.15, -0.1) is 0 Å². The Hall–Kier alpha value is -4.51. The minimum absolute atomic E-state index is 0.129. The molecule has 160 valence electrons. The van der Waals surface area contributed by atoms with Gasteiger partial charge in [-0.2, -0.15) is 0 Å². The summed E-state index contributed by atoms with van der Waals surface area (Å²) in [6.07, 6.45) is 3.43. The summed E-state index contributed by atoms with van der Waals surface area (Å²) >= 11 is 0. The maximum atomic E-state index is 13.1. The van der Waals surface area contributed by atoms with Gasteiger partial charge >= 0.3 is 5.97 Å². The molecule has 0 saturated heterocycles. The highest BCUT2D eigenvalue weighted by molar-refractivity contribution is 6.04. The summed E-state index contributed by atoms with van der Waals surface area (Å²) in [5, 5.41) is 0.747. The van der Waals surface area contributed by atoms with E-state index in [0.29, 0.717) is 17.0 Å². The average Bonchev–Trinajstić information content (AvgIpc) is 2.88. The normalized spacial score (nSPS) is 10.7. The van der Waals surface area contributed by atoms with E-state index in [4.69, 9.17) is 14.5 Å². The van der Waals surface area contributed by atoms with Crippen LogP contribution in [-0.2, 0) is 11.3 Å². The molecule has 0 aliphatic rings. The summed E-state index contributed by atoms with van der Waals surface area (Å²) in [4.78, 5) is 22.0. The quantitative estimate of drug-likeness (QED) is 0.289. The lowest BCUT2D eigenvalue weighted by Crippen LogP contribution is -2.07. The molecule has 0 amide bonds. The van der Waals surface area contributed by atoms with Crippen molar-refractivity contribution in [3.05, 3.63) is 121 Å². The van der Waals surface area contributed by atoms with E-state index in [9.17, 15) is 4.79 Å². The van der Waals surface area contributed by atoms with Crippen molar-refractivity contribution in [3.63, 3.8) is 0 Å². The predicted molar refractivity (Wildman–Crippen MR) is 127 cm³/mol. The molecule has 2 aromatic heterocycles. The number of para-hydroxylation sites is 2. The number of pyridine rings is 2. The van der Waals surface area contributed by atoms with Crippen molar-refractivity contribution in [3.8, 4) is 22.8 Å². The second-order valence-corrected chi connectivity index (χ2v) is 7.45. The summed E-state index contributed by atoms with van der Waals surface area (Å²) in [6, 6.07) is 30.1. The number of carbonyl (C=O) groups excluding carboxylic acids is 1. The highest BCUT2D eigenvalue weighted by Crippen LogP contribution is 2.26. The second kappa shape index (κ2) is 9.32. The second-order valence-electron chi connectivity index (χ2n) is 7.45. The lowest BCUT2D eigenvalue weighted by Gasteiger charge is -2.11. The van der Waals surface area contributed by atoms with Crippen LogP contribution in [0.15, 0.2) is 109 Å². The van der Waals surface area contributed by atoms with Gasteiger partial charge in [-0.3, -0.25) is 4.98 Å².